The van der Waals surface area contributed by atoms with Crippen LogP contribution in [0.1, 0.15) is 22.3 Å². The number of hydrogen-bond acceptors (Lipinski definition) is 4. The third-order valence-electron chi connectivity index (χ3n) is 3.79. The van der Waals surface area contributed by atoms with Crippen molar-refractivity contribution in [2.75, 3.05) is 18.2 Å². The van der Waals surface area contributed by atoms with Crippen LogP contribution >= 0.6 is 0 Å². The fraction of sp³-hybridized carbons (Fsp3) is 0.294. The van der Waals surface area contributed by atoms with Crippen molar-refractivity contribution >= 4 is 17.1 Å². The van der Waals surface area contributed by atoms with Gasteiger partial charge in [-0.3, -0.25) is 0 Å². The highest BCUT2D eigenvalue weighted by Gasteiger charge is 2.13. The van der Waals surface area contributed by atoms with Crippen LogP contribution in [0.3, 0.4) is 0 Å². The second-order valence-electron chi connectivity index (χ2n) is 5.39. The van der Waals surface area contributed by atoms with Gasteiger partial charge in [0.2, 0.25) is 0 Å². The van der Waals surface area contributed by atoms with E-state index in [2.05, 4.69) is 5.32 Å². The summed E-state index contributed by atoms with van der Waals surface area (Å²) in [7, 11) is 1.64. The van der Waals surface area contributed by atoms with Crippen LogP contribution in [0.4, 0.5) is 17.1 Å². The summed E-state index contributed by atoms with van der Waals surface area (Å²) in [5.41, 5.74) is 12.3. The lowest BCUT2D eigenvalue weighted by Gasteiger charge is -2.18. The number of phenols is 1. The van der Waals surface area contributed by atoms with E-state index in [0.29, 0.717) is 5.75 Å². The van der Waals surface area contributed by atoms with Crippen molar-refractivity contribution in [3.63, 3.8) is 0 Å². The predicted octanol–water partition coefficient (Wildman–Crippen LogP) is 3.96. The number of methoxy groups -OCH3 is 1. The van der Waals surface area contributed by atoms with Crippen LogP contribution in [-0.2, 0) is 0 Å². The monoisotopic (exact) mass is 286 g/mol. The zero-order chi connectivity index (χ0) is 15.7. The van der Waals surface area contributed by atoms with Crippen LogP contribution in [-0.4, -0.2) is 12.2 Å². The molecule has 4 N–H and O–H groups in total. The van der Waals surface area contributed by atoms with Gasteiger partial charge in [-0.2, -0.15) is 0 Å². The van der Waals surface area contributed by atoms with Gasteiger partial charge in [0.15, 0.2) is 0 Å². The molecular weight excluding hydrogens is 264 g/mol. The van der Waals surface area contributed by atoms with E-state index in [1.54, 1.807) is 13.2 Å². The Morgan fingerprint density at radius 3 is 2.19 bits per heavy atom. The van der Waals surface area contributed by atoms with Crippen LogP contribution < -0.4 is 15.8 Å². The van der Waals surface area contributed by atoms with Crippen LogP contribution in [0.15, 0.2) is 18.2 Å². The quantitative estimate of drug-likeness (QED) is 0.590. The highest BCUT2D eigenvalue weighted by Crippen LogP contribution is 2.38. The Labute approximate surface area is 125 Å². The maximum Gasteiger partial charge on any atom is 0.147 e. The minimum Gasteiger partial charge on any atom is -0.508 e. The minimum atomic E-state index is 0.301. The lowest BCUT2D eigenvalue weighted by atomic mass is 10.0. The molecule has 112 valence electrons. The number of nitrogen functional groups attached to an aromatic ring is 1. The molecule has 2 rings (SSSR count). The zero-order valence-electron chi connectivity index (χ0n) is 13.2. The van der Waals surface area contributed by atoms with Gasteiger partial charge in [-0.05, 0) is 62.6 Å². The Morgan fingerprint density at radius 2 is 1.57 bits per heavy atom. The average molecular weight is 286 g/mol. The van der Waals surface area contributed by atoms with Crippen molar-refractivity contribution in [1.82, 2.24) is 0 Å². The number of aryl methyl sites for hydroxylation is 3. The van der Waals surface area contributed by atoms with Crippen molar-refractivity contribution in [2.45, 2.75) is 27.7 Å². The van der Waals surface area contributed by atoms with E-state index in [1.165, 1.54) is 0 Å². The third kappa shape index (κ3) is 2.75. The summed E-state index contributed by atoms with van der Waals surface area (Å²) in [6.07, 6.45) is 0. The molecule has 0 saturated heterocycles. The molecule has 0 spiro atoms. The Hall–Kier alpha value is -2.36. The molecule has 0 fully saturated rings. The van der Waals surface area contributed by atoms with Crippen LogP contribution in [0.5, 0.6) is 11.5 Å². The van der Waals surface area contributed by atoms with E-state index in [0.717, 1.165) is 45.1 Å². The molecule has 0 heterocycles. The summed E-state index contributed by atoms with van der Waals surface area (Å²) in [6, 6.07) is 5.65. The number of nitrogens with two attached hydrogens (primary N) is 1. The predicted molar refractivity (Wildman–Crippen MR) is 87.7 cm³/mol. The highest BCUT2D eigenvalue weighted by atomic mass is 16.5. The molecule has 0 amide bonds. The second kappa shape index (κ2) is 5.56. The fourth-order valence-electron chi connectivity index (χ4n) is 2.42. The number of benzene rings is 2. The van der Waals surface area contributed by atoms with Gasteiger partial charge in [0.05, 0.1) is 12.8 Å². The van der Waals surface area contributed by atoms with Gasteiger partial charge in [-0.25, -0.2) is 0 Å². The standard InChI is InChI=1S/C17H22N2O2/c1-9-8-15(20)10(2)6-13(9)19-14-7-11(3)16(18)12(4)17(14)21-5/h6-8,19-20H,18H2,1-5H3. The molecule has 0 radical (unpaired) electrons. The number of nitrogens with one attached hydrogen (secondary N) is 1. The molecular formula is C17H22N2O2. The first-order valence-corrected chi connectivity index (χ1v) is 6.86. The fourth-order valence-corrected chi connectivity index (χ4v) is 2.42. The van der Waals surface area contributed by atoms with Gasteiger partial charge in [-0.1, -0.05) is 0 Å². The molecule has 0 saturated carbocycles. The first kappa shape index (κ1) is 15.0. The maximum absolute atomic E-state index is 9.75. The Bertz CT molecular complexity index is 694. The second-order valence-corrected chi connectivity index (χ2v) is 5.39. The summed E-state index contributed by atoms with van der Waals surface area (Å²) < 4.78 is 5.49. The molecule has 0 unspecified atom stereocenters. The van der Waals surface area contributed by atoms with Gasteiger partial charge in [0.25, 0.3) is 0 Å². The van der Waals surface area contributed by atoms with E-state index in [4.69, 9.17) is 10.5 Å². The molecule has 2 aromatic carbocycles. The van der Waals surface area contributed by atoms with E-state index in [-0.39, 0.29) is 0 Å². The number of hydrogen-bond donors (Lipinski definition) is 3. The van der Waals surface area contributed by atoms with E-state index < -0.39 is 0 Å². The Kier molecular flexibility index (Phi) is 3.98. The molecule has 0 bridgehead atoms. The van der Waals surface area contributed by atoms with Gasteiger partial charge in [0, 0.05) is 16.9 Å². The molecule has 4 heteroatoms. The summed E-state index contributed by atoms with van der Waals surface area (Å²) >= 11 is 0. The van der Waals surface area contributed by atoms with Gasteiger partial charge >= 0.3 is 0 Å². The summed E-state index contributed by atoms with van der Waals surface area (Å²) in [5, 5.41) is 13.1. The molecule has 0 aromatic heterocycles. The zero-order valence-corrected chi connectivity index (χ0v) is 13.2. The van der Waals surface area contributed by atoms with Gasteiger partial charge in [-0.15, -0.1) is 0 Å². The summed E-state index contributed by atoms with van der Waals surface area (Å²) in [5.74, 6) is 1.04. The molecule has 0 aliphatic heterocycles. The number of ether oxygens (including phenoxy) is 1. The average Bonchev–Trinajstić information content (AvgIpc) is 2.42. The third-order valence-corrected chi connectivity index (χ3v) is 3.79. The normalized spacial score (nSPS) is 10.5. The molecule has 0 atom stereocenters. The first-order valence-electron chi connectivity index (χ1n) is 6.86. The van der Waals surface area contributed by atoms with Gasteiger partial charge < -0.3 is 20.9 Å². The number of phenolic OH excluding ortho intramolecular Hbond substituents is 1. The summed E-state index contributed by atoms with van der Waals surface area (Å²) in [4.78, 5) is 0. The van der Waals surface area contributed by atoms with Crippen molar-refractivity contribution in [3.05, 3.63) is 40.5 Å². The minimum absolute atomic E-state index is 0.301. The topological polar surface area (TPSA) is 67.5 Å². The molecule has 2 aromatic rings. The largest absolute Gasteiger partial charge is 0.508 e. The lowest BCUT2D eigenvalue weighted by molar-refractivity contribution is 0.414. The number of rotatable bonds is 3. The van der Waals surface area contributed by atoms with E-state index in [9.17, 15) is 5.11 Å². The number of anilines is 3. The molecule has 21 heavy (non-hydrogen) atoms. The molecule has 0 aliphatic carbocycles. The van der Waals surface area contributed by atoms with E-state index >= 15 is 0 Å². The number of aromatic hydroxyl groups is 1. The SMILES string of the molecule is COc1c(Nc2cc(C)c(O)cc2C)cc(C)c(N)c1C. The van der Waals surface area contributed by atoms with Crippen LogP contribution in [0.25, 0.3) is 0 Å². The van der Waals surface area contributed by atoms with Crippen molar-refractivity contribution in [2.24, 2.45) is 0 Å². The highest BCUT2D eigenvalue weighted by molar-refractivity contribution is 5.76. The lowest BCUT2D eigenvalue weighted by Crippen LogP contribution is -2.03. The van der Waals surface area contributed by atoms with Crippen LogP contribution in [0, 0.1) is 27.7 Å². The van der Waals surface area contributed by atoms with Crippen LogP contribution in [0.2, 0.25) is 0 Å². The van der Waals surface area contributed by atoms with Crippen molar-refractivity contribution < 1.29 is 9.84 Å². The smallest absolute Gasteiger partial charge is 0.147 e. The molecule has 0 aliphatic rings. The maximum atomic E-state index is 9.75. The van der Waals surface area contributed by atoms with E-state index in [1.807, 2.05) is 39.8 Å². The van der Waals surface area contributed by atoms with Crippen molar-refractivity contribution in [3.8, 4) is 11.5 Å². The van der Waals surface area contributed by atoms with Gasteiger partial charge in [0.1, 0.15) is 11.5 Å². The van der Waals surface area contributed by atoms with Crippen molar-refractivity contribution in [1.29, 1.82) is 0 Å². The molecule has 4 nitrogen and oxygen atoms in total. The first-order chi connectivity index (χ1) is 9.85. The Balaban J connectivity index is 2.52. The Morgan fingerprint density at radius 1 is 0.952 bits per heavy atom. The summed E-state index contributed by atoms with van der Waals surface area (Å²) in [6.45, 7) is 7.74.